The first-order chi connectivity index (χ1) is 8.17. The molecule has 0 aliphatic heterocycles. The van der Waals surface area contributed by atoms with Crippen molar-refractivity contribution >= 4 is 23.1 Å². The highest BCUT2D eigenvalue weighted by atomic mass is 32.1. The second-order valence-electron chi connectivity index (χ2n) is 4.11. The van der Waals surface area contributed by atoms with Gasteiger partial charge in [-0.2, -0.15) is 0 Å². The lowest BCUT2D eigenvalue weighted by molar-refractivity contribution is 0.704. The minimum absolute atomic E-state index is 0.00389. The van der Waals surface area contributed by atoms with Gasteiger partial charge in [-0.15, -0.1) is 0 Å². The van der Waals surface area contributed by atoms with E-state index in [2.05, 4.69) is 11.9 Å². The van der Waals surface area contributed by atoms with Crippen LogP contribution in [0.5, 0.6) is 0 Å². The Bertz CT molecular complexity index is 654. The number of rotatable bonds is 3. The lowest BCUT2D eigenvalue weighted by Gasteiger charge is -2.06. The van der Waals surface area contributed by atoms with Crippen LogP contribution in [0.1, 0.15) is 25.8 Å². The monoisotopic (exact) mass is 248 g/mol. The van der Waals surface area contributed by atoms with E-state index in [9.17, 15) is 4.79 Å². The highest BCUT2D eigenvalue weighted by molar-refractivity contribution is 7.71. The molecule has 0 saturated carbocycles. The van der Waals surface area contributed by atoms with Crippen LogP contribution in [0.15, 0.2) is 23.0 Å². The lowest BCUT2D eigenvalue weighted by atomic mass is 10.1. The topological polar surface area (TPSA) is 37.8 Å². The molecule has 1 heterocycles. The zero-order valence-electron chi connectivity index (χ0n) is 10.1. The zero-order valence-corrected chi connectivity index (χ0v) is 10.9. The Balaban J connectivity index is 2.76. The maximum Gasteiger partial charge on any atom is 0.262 e. The number of nitrogens with zero attached hydrogens (tertiary/aromatic N) is 1. The molecule has 1 aromatic heterocycles. The van der Waals surface area contributed by atoms with E-state index in [4.69, 9.17) is 12.2 Å². The van der Waals surface area contributed by atoms with Crippen molar-refractivity contribution < 1.29 is 0 Å². The number of aryl methyl sites for hydroxylation is 1. The number of aromatic amines is 1. The third kappa shape index (κ3) is 2.17. The molecule has 1 aromatic carbocycles. The molecule has 17 heavy (non-hydrogen) atoms. The quantitative estimate of drug-likeness (QED) is 0.848. The number of aromatic nitrogens is 2. The largest absolute Gasteiger partial charge is 0.332 e. The molecule has 0 amide bonds. The number of hydrogen-bond acceptors (Lipinski definition) is 2. The summed E-state index contributed by atoms with van der Waals surface area (Å²) in [7, 11) is 0. The Morgan fingerprint density at radius 1 is 1.35 bits per heavy atom. The number of nitrogens with one attached hydrogen (secondary N) is 1. The number of H-pyrrole nitrogens is 1. The maximum atomic E-state index is 12.2. The van der Waals surface area contributed by atoms with Crippen LogP contribution in [0.2, 0.25) is 0 Å². The van der Waals surface area contributed by atoms with Crippen molar-refractivity contribution in [2.24, 2.45) is 0 Å². The van der Waals surface area contributed by atoms with Crippen molar-refractivity contribution in [1.82, 2.24) is 9.55 Å². The number of fused-ring (bicyclic) bond motifs is 1. The second kappa shape index (κ2) is 4.84. The van der Waals surface area contributed by atoms with E-state index in [1.54, 1.807) is 4.57 Å². The van der Waals surface area contributed by atoms with Crippen molar-refractivity contribution in [2.45, 2.75) is 33.2 Å². The van der Waals surface area contributed by atoms with Gasteiger partial charge in [-0.1, -0.05) is 19.4 Å². The van der Waals surface area contributed by atoms with Gasteiger partial charge in [-0.3, -0.25) is 9.36 Å². The van der Waals surface area contributed by atoms with Gasteiger partial charge in [0.2, 0.25) is 0 Å². The molecule has 0 spiro atoms. The van der Waals surface area contributed by atoms with Crippen molar-refractivity contribution in [3.8, 4) is 0 Å². The van der Waals surface area contributed by atoms with Crippen molar-refractivity contribution in [1.29, 1.82) is 0 Å². The molecule has 0 aliphatic carbocycles. The molecule has 4 heteroatoms. The minimum atomic E-state index is 0.00389. The standard InChI is InChI=1S/C13H16N2OS/c1-3-5-9-6-7-11-10(8-9)12(16)15(4-2)13(17)14-11/h6-8H,3-5H2,1-2H3,(H,14,17). The SMILES string of the molecule is CCCc1ccc2[nH]c(=S)n(CC)c(=O)c2c1. The van der Waals surface area contributed by atoms with Crippen molar-refractivity contribution in [3.63, 3.8) is 0 Å². The molecule has 0 radical (unpaired) electrons. The van der Waals surface area contributed by atoms with Crippen LogP contribution >= 0.6 is 12.2 Å². The molecular formula is C13H16N2OS. The lowest BCUT2D eigenvalue weighted by Crippen LogP contribution is -2.21. The summed E-state index contributed by atoms with van der Waals surface area (Å²) in [6.45, 7) is 4.65. The van der Waals surface area contributed by atoms with E-state index in [1.165, 1.54) is 5.56 Å². The van der Waals surface area contributed by atoms with Crippen LogP contribution in [0.25, 0.3) is 10.9 Å². The van der Waals surface area contributed by atoms with Gasteiger partial charge in [0, 0.05) is 6.54 Å². The molecule has 0 fully saturated rings. The van der Waals surface area contributed by atoms with E-state index in [1.807, 2.05) is 25.1 Å². The summed E-state index contributed by atoms with van der Waals surface area (Å²) in [4.78, 5) is 15.3. The van der Waals surface area contributed by atoms with Gasteiger partial charge >= 0.3 is 0 Å². The third-order valence-corrected chi connectivity index (χ3v) is 3.22. The van der Waals surface area contributed by atoms with Crippen LogP contribution in [0, 0.1) is 4.77 Å². The number of hydrogen-bond donors (Lipinski definition) is 1. The molecule has 0 atom stereocenters. The highest BCUT2D eigenvalue weighted by Gasteiger charge is 2.04. The first-order valence-electron chi connectivity index (χ1n) is 5.93. The molecule has 0 saturated heterocycles. The van der Waals surface area contributed by atoms with Crippen LogP contribution < -0.4 is 5.56 Å². The van der Waals surface area contributed by atoms with Crippen LogP contribution in [-0.4, -0.2) is 9.55 Å². The average molecular weight is 248 g/mol. The van der Waals surface area contributed by atoms with Gasteiger partial charge in [-0.05, 0) is 43.3 Å². The van der Waals surface area contributed by atoms with Gasteiger partial charge in [0.05, 0.1) is 10.9 Å². The number of benzene rings is 1. The molecule has 0 unspecified atom stereocenters. The smallest absolute Gasteiger partial charge is 0.262 e. The van der Waals surface area contributed by atoms with Gasteiger partial charge in [0.15, 0.2) is 4.77 Å². The Morgan fingerprint density at radius 3 is 2.76 bits per heavy atom. The minimum Gasteiger partial charge on any atom is -0.332 e. The predicted molar refractivity (Wildman–Crippen MR) is 73.1 cm³/mol. The summed E-state index contributed by atoms with van der Waals surface area (Å²) in [6.07, 6.45) is 2.08. The van der Waals surface area contributed by atoms with Gasteiger partial charge in [0.1, 0.15) is 0 Å². The summed E-state index contributed by atoms with van der Waals surface area (Å²) < 4.78 is 2.08. The first-order valence-corrected chi connectivity index (χ1v) is 6.34. The molecule has 0 aliphatic rings. The summed E-state index contributed by atoms with van der Waals surface area (Å²) >= 11 is 5.16. The fourth-order valence-electron chi connectivity index (χ4n) is 2.03. The molecule has 0 bridgehead atoms. The van der Waals surface area contributed by atoms with Gasteiger partial charge in [0.25, 0.3) is 5.56 Å². The average Bonchev–Trinajstić information content (AvgIpc) is 2.31. The summed E-state index contributed by atoms with van der Waals surface area (Å²) in [5.74, 6) is 0. The zero-order chi connectivity index (χ0) is 12.4. The molecule has 90 valence electrons. The van der Waals surface area contributed by atoms with Crippen LogP contribution in [-0.2, 0) is 13.0 Å². The Kier molecular flexibility index (Phi) is 3.43. The molecule has 2 aromatic rings. The van der Waals surface area contributed by atoms with E-state index in [0.29, 0.717) is 11.3 Å². The fourth-order valence-corrected chi connectivity index (χ4v) is 2.35. The normalized spacial score (nSPS) is 10.9. The molecule has 2 rings (SSSR count). The Labute approximate surface area is 105 Å². The van der Waals surface area contributed by atoms with E-state index >= 15 is 0 Å². The molecule has 3 nitrogen and oxygen atoms in total. The molecular weight excluding hydrogens is 232 g/mol. The summed E-state index contributed by atoms with van der Waals surface area (Å²) in [6, 6.07) is 5.96. The van der Waals surface area contributed by atoms with E-state index < -0.39 is 0 Å². The van der Waals surface area contributed by atoms with Crippen LogP contribution in [0.4, 0.5) is 0 Å². The molecule has 1 N–H and O–H groups in total. The van der Waals surface area contributed by atoms with Gasteiger partial charge in [-0.25, -0.2) is 0 Å². The van der Waals surface area contributed by atoms with E-state index in [0.717, 1.165) is 23.7 Å². The fraction of sp³-hybridized carbons (Fsp3) is 0.385. The third-order valence-electron chi connectivity index (χ3n) is 2.90. The first kappa shape index (κ1) is 12.0. The Hall–Kier alpha value is -1.42. The van der Waals surface area contributed by atoms with E-state index in [-0.39, 0.29) is 5.56 Å². The van der Waals surface area contributed by atoms with Crippen LogP contribution in [0.3, 0.4) is 0 Å². The van der Waals surface area contributed by atoms with Crippen molar-refractivity contribution in [2.75, 3.05) is 0 Å². The van der Waals surface area contributed by atoms with Gasteiger partial charge < -0.3 is 4.98 Å². The summed E-state index contributed by atoms with van der Waals surface area (Å²) in [5.41, 5.74) is 2.03. The predicted octanol–water partition coefficient (Wildman–Crippen LogP) is 3.03. The summed E-state index contributed by atoms with van der Waals surface area (Å²) in [5, 5.41) is 0.728. The van der Waals surface area contributed by atoms with Crippen molar-refractivity contribution in [3.05, 3.63) is 38.9 Å². The highest BCUT2D eigenvalue weighted by Crippen LogP contribution is 2.12. The Morgan fingerprint density at radius 2 is 2.12 bits per heavy atom. The maximum absolute atomic E-state index is 12.2. The second-order valence-corrected chi connectivity index (χ2v) is 4.50.